The lowest BCUT2D eigenvalue weighted by Crippen LogP contribution is -2.37. The van der Waals surface area contributed by atoms with Crippen LogP contribution in [0.1, 0.15) is 0 Å². The van der Waals surface area contributed by atoms with Crippen LogP contribution in [-0.4, -0.2) is 27.9 Å². The Kier molecular flexibility index (Phi) is 10.2. The molecule has 0 fully saturated rings. The molecule has 0 amide bonds. The first-order valence-electron chi connectivity index (χ1n) is 18.8. The zero-order chi connectivity index (χ0) is 44.4. The lowest BCUT2D eigenvalue weighted by molar-refractivity contribution is -0.0443. The molecule has 1 aliphatic rings. The predicted molar refractivity (Wildman–Crippen MR) is 232 cm³/mol. The molecule has 0 unspecified atom stereocenters. The lowest BCUT2D eigenvalue weighted by atomic mass is 9.86. The molecule has 0 spiro atoms. The van der Waals surface area contributed by atoms with E-state index < -0.39 is 50.2 Å². The predicted octanol–water partition coefficient (Wildman–Crippen LogP) is 13.3. The second-order valence-corrected chi connectivity index (χ2v) is 20.0. The van der Waals surface area contributed by atoms with Gasteiger partial charge in [-0.25, -0.2) is 8.42 Å². The molecule has 8 aromatic carbocycles. The summed E-state index contributed by atoms with van der Waals surface area (Å²) in [6.45, 7) is 0. The van der Waals surface area contributed by atoms with Gasteiger partial charge in [0.05, 0.1) is 0 Å². The summed E-state index contributed by atoms with van der Waals surface area (Å²) in [6.07, 6.45) is 0. The van der Waals surface area contributed by atoms with Gasteiger partial charge >= 0.3 is 38.7 Å². The normalized spacial score (nSPS) is 13.9. The van der Waals surface area contributed by atoms with E-state index in [0.29, 0.717) is 32.7 Å². The molecule has 0 atom stereocenters. The van der Waals surface area contributed by atoms with E-state index in [1.165, 1.54) is 0 Å². The fraction of sp³-hybridized carbons (Fsp3) is 0.0435. The molecule has 0 saturated heterocycles. The van der Waals surface area contributed by atoms with E-state index in [2.05, 4.69) is 4.15 Å². The van der Waals surface area contributed by atoms with Crippen molar-refractivity contribution in [3.8, 4) is 67.1 Å². The number of fused-ring (bicyclic) bond motifs is 7. The van der Waals surface area contributed by atoms with Crippen molar-refractivity contribution in [2.24, 2.45) is 4.15 Å². The number of halogens is 6. The molecule has 0 aromatic heterocycles. The summed E-state index contributed by atoms with van der Waals surface area (Å²) in [5.41, 5.74) is -8.48. The molecule has 0 bridgehead atoms. The average molecular weight is 915 g/mol. The molecule has 8 nitrogen and oxygen atoms in total. The van der Waals surface area contributed by atoms with E-state index >= 15 is 0 Å². The van der Waals surface area contributed by atoms with Gasteiger partial charge in [-0.1, -0.05) is 162 Å². The lowest BCUT2D eigenvalue weighted by Gasteiger charge is -2.26. The molecule has 0 aliphatic carbocycles. The molecular weight excluding hydrogens is 886 g/mol. The van der Waals surface area contributed by atoms with Crippen molar-refractivity contribution in [3.63, 3.8) is 0 Å². The number of nitrogens with one attached hydrogen (secondary N) is 1. The van der Waals surface area contributed by atoms with Crippen molar-refractivity contribution in [1.82, 2.24) is 4.49 Å². The Morgan fingerprint density at radius 2 is 0.794 bits per heavy atom. The fourth-order valence-corrected chi connectivity index (χ4v) is 12.5. The third kappa shape index (κ3) is 7.73. The molecule has 1 heterocycles. The maximum Gasteiger partial charge on any atom is 0.518 e. The Morgan fingerprint density at radius 1 is 0.444 bits per heavy atom. The first kappa shape index (κ1) is 41.9. The fourth-order valence-electron chi connectivity index (χ4n) is 7.46. The monoisotopic (exact) mass is 914 g/mol. The first-order chi connectivity index (χ1) is 29.9. The summed E-state index contributed by atoms with van der Waals surface area (Å²) < 4.78 is 155. The molecule has 8 aromatic rings. The third-order valence-electron chi connectivity index (χ3n) is 10.3. The second kappa shape index (κ2) is 15.4. The molecular formula is C46H29F6N2O6PS2. The molecule has 17 heteroatoms. The van der Waals surface area contributed by atoms with Crippen LogP contribution in [-0.2, 0) is 20.0 Å². The zero-order valence-electron chi connectivity index (χ0n) is 32.1. The van der Waals surface area contributed by atoms with E-state index in [1.54, 1.807) is 109 Å². The van der Waals surface area contributed by atoms with Crippen LogP contribution in [0.3, 0.4) is 0 Å². The standard InChI is InChI=1S/C46H29F6N2O6PS2/c47-45(48,49)62(55,56)53-61(54-63(57,58)46(50,51)52)59-43-39(33-23-19-31(20-24-33)29-11-3-1-4-12-29)27-35-15-7-9-17-37(35)41(43)42-38-18-10-8-16-36(38)28-40(44(42)60-61)34-25-21-32(22-26-34)30-13-5-2-6-14-30/h1-28,53H. The summed E-state index contributed by atoms with van der Waals surface area (Å²) in [5, 5.41) is 1.74. The van der Waals surface area contributed by atoms with Crippen molar-refractivity contribution >= 4 is 49.3 Å². The van der Waals surface area contributed by atoms with Crippen LogP contribution < -0.4 is 13.5 Å². The summed E-state index contributed by atoms with van der Waals surface area (Å²) >= 11 is 0. The average Bonchev–Trinajstić information content (AvgIpc) is 3.40. The van der Waals surface area contributed by atoms with Gasteiger partial charge in [-0.2, -0.15) is 34.8 Å². The summed E-state index contributed by atoms with van der Waals surface area (Å²) in [7, 11) is -19.8. The molecule has 0 radical (unpaired) electrons. The number of benzene rings is 8. The summed E-state index contributed by atoms with van der Waals surface area (Å²) in [4.78, 5) is 0. The van der Waals surface area contributed by atoms with Gasteiger partial charge in [0.1, 0.15) is 11.5 Å². The molecule has 9 rings (SSSR count). The quantitative estimate of drug-likeness (QED) is 0.126. The van der Waals surface area contributed by atoms with E-state index in [9.17, 15) is 43.2 Å². The first-order valence-corrected chi connectivity index (χ1v) is 23.3. The molecule has 0 saturated carbocycles. The van der Waals surface area contributed by atoms with E-state index in [0.717, 1.165) is 26.7 Å². The van der Waals surface area contributed by atoms with Gasteiger partial charge in [-0.3, -0.25) is 0 Å². The van der Waals surface area contributed by atoms with Crippen LogP contribution in [0.4, 0.5) is 26.3 Å². The van der Waals surface area contributed by atoms with Crippen molar-refractivity contribution in [2.45, 2.75) is 11.0 Å². The van der Waals surface area contributed by atoms with Crippen LogP contribution in [0.25, 0.3) is 77.2 Å². The summed E-state index contributed by atoms with van der Waals surface area (Å²) in [6, 6.07) is 48.4. The topological polar surface area (TPSA) is 111 Å². The van der Waals surface area contributed by atoms with Gasteiger partial charge in [-0.15, -0.1) is 4.49 Å². The van der Waals surface area contributed by atoms with Gasteiger partial charge in [-0.05, 0) is 67.1 Å². The maximum atomic E-state index is 14.4. The maximum absolute atomic E-state index is 14.4. The van der Waals surface area contributed by atoms with Gasteiger partial charge < -0.3 is 9.05 Å². The minimum absolute atomic E-state index is 0.0386. The largest absolute Gasteiger partial charge is 0.518 e. The number of alkyl halides is 6. The highest BCUT2D eigenvalue weighted by Gasteiger charge is 2.55. The molecule has 63 heavy (non-hydrogen) atoms. The molecule has 1 N–H and O–H groups in total. The van der Waals surface area contributed by atoms with E-state index in [-0.39, 0.29) is 22.3 Å². The van der Waals surface area contributed by atoms with E-state index in [4.69, 9.17) is 9.05 Å². The molecule has 1 aliphatic heterocycles. The number of rotatable bonds is 7. The Balaban J connectivity index is 1.44. The van der Waals surface area contributed by atoms with Crippen molar-refractivity contribution in [1.29, 1.82) is 0 Å². The van der Waals surface area contributed by atoms with Crippen LogP contribution >= 0.6 is 7.66 Å². The van der Waals surface area contributed by atoms with Gasteiger partial charge in [0.2, 0.25) is 0 Å². The van der Waals surface area contributed by atoms with E-state index in [1.807, 2.05) is 60.7 Å². The van der Waals surface area contributed by atoms with Gasteiger partial charge in [0.15, 0.2) is 0 Å². The minimum Gasteiger partial charge on any atom is -0.416 e. The smallest absolute Gasteiger partial charge is 0.416 e. The minimum atomic E-state index is -6.88. The number of hydrogen-bond acceptors (Lipinski definition) is 6. The highest BCUT2D eigenvalue weighted by atomic mass is 32.2. The van der Waals surface area contributed by atoms with Crippen LogP contribution in [0, 0.1) is 0 Å². The van der Waals surface area contributed by atoms with Crippen LogP contribution in [0.5, 0.6) is 11.5 Å². The Labute approximate surface area is 356 Å². The second-order valence-electron chi connectivity index (χ2n) is 14.3. The number of nitrogens with zero attached hydrogens (tertiary/aromatic N) is 1. The van der Waals surface area contributed by atoms with Crippen molar-refractivity contribution < 1.29 is 52.2 Å². The van der Waals surface area contributed by atoms with Crippen molar-refractivity contribution in [2.75, 3.05) is 0 Å². The van der Waals surface area contributed by atoms with Gasteiger partial charge in [0, 0.05) is 22.3 Å². The van der Waals surface area contributed by atoms with Crippen LogP contribution in [0.2, 0.25) is 0 Å². The third-order valence-corrected chi connectivity index (χ3v) is 16.0. The Bertz CT molecular complexity index is 3190. The van der Waals surface area contributed by atoms with Crippen LogP contribution in [0.15, 0.2) is 174 Å². The Hall–Kier alpha value is -6.45. The highest BCUT2D eigenvalue weighted by molar-refractivity contribution is 7.99. The number of hydrogen-bond donors (Lipinski definition) is 1. The molecule has 318 valence electrons. The SMILES string of the molecule is O=S(=O)(N=P1(NS(=O)(=O)C(F)(F)F)Oc2c(-c3ccc(-c4ccccc4)cc3)cc3ccccc3c2-c2c(c(-c3ccc(-c4ccccc4)cc3)cc3ccccc23)O1)C(F)(F)F. The van der Waals surface area contributed by atoms with Gasteiger partial charge in [0.25, 0.3) is 0 Å². The van der Waals surface area contributed by atoms with Crippen molar-refractivity contribution in [3.05, 3.63) is 170 Å². The highest BCUT2D eigenvalue weighted by Crippen LogP contribution is 2.64. The zero-order valence-corrected chi connectivity index (χ0v) is 34.6. The number of sulfonamides is 2. The summed E-state index contributed by atoms with van der Waals surface area (Å²) in [5.74, 6) is -0.998. The Morgan fingerprint density at radius 3 is 1.17 bits per heavy atom.